The summed E-state index contributed by atoms with van der Waals surface area (Å²) in [6, 6.07) is 0. The molecule has 0 saturated heterocycles. The van der Waals surface area contributed by atoms with E-state index in [2.05, 4.69) is 60.3 Å². The Hall–Kier alpha value is -1.31. The van der Waals surface area contributed by atoms with E-state index in [1.165, 1.54) is 43.3 Å². The molecule has 3 rings (SSSR count). The summed E-state index contributed by atoms with van der Waals surface area (Å²) in [5.74, 6) is 8.18. The van der Waals surface area contributed by atoms with Crippen LogP contribution in [0.5, 0.6) is 0 Å². The van der Waals surface area contributed by atoms with E-state index in [1.807, 2.05) is 13.8 Å². The summed E-state index contributed by atoms with van der Waals surface area (Å²) in [6.07, 6.45) is 15.6. The maximum atomic E-state index is 11.7. The second kappa shape index (κ2) is 12.3. The van der Waals surface area contributed by atoms with Crippen LogP contribution in [-0.4, -0.2) is 28.1 Å². The van der Waals surface area contributed by atoms with Crippen LogP contribution in [0.25, 0.3) is 0 Å². The lowest BCUT2D eigenvalue weighted by Crippen LogP contribution is -2.36. The fourth-order valence-corrected chi connectivity index (χ4v) is 6.99. The lowest BCUT2D eigenvalue weighted by atomic mass is 9.61. The number of allylic oxidation sites excluding steroid dienone is 4. The highest BCUT2D eigenvalue weighted by Gasteiger charge is 2.50. The number of carbonyl (C=O) groups excluding carboxylic acids is 1. The molecular formula is C31H45BrO3. The van der Waals surface area contributed by atoms with Gasteiger partial charge in [0.05, 0.1) is 0 Å². The summed E-state index contributed by atoms with van der Waals surface area (Å²) in [5.41, 5.74) is 3.51. The molecule has 5 atom stereocenters. The zero-order valence-corrected chi connectivity index (χ0v) is 23.9. The molecule has 3 aliphatic rings. The summed E-state index contributed by atoms with van der Waals surface area (Å²) in [5, 5.41) is 10.8. The lowest BCUT2D eigenvalue weighted by molar-refractivity contribution is -0.146. The van der Waals surface area contributed by atoms with E-state index in [-0.39, 0.29) is 17.4 Å². The monoisotopic (exact) mass is 544 g/mol. The predicted octanol–water partition coefficient (Wildman–Crippen LogP) is 7.68. The first-order chi connectivity index (χ1) is 16.7. The van der Waals surface area contributed by atoms with Crippen molar-refractivity contribution in [3.05, 3.63) is 35.5 Å². The molecule has 3 fully saturated rings. The Bertz CT molecular complexity index is 900. The first-order valence-electron chi connectivity index (χ1n) is 13.7. The topological polar surface area (TPSA) is 46.5 Å². The van der Waals surface area contributed by atoms with Crippen LogP contribution >= 0.6 is 15.9 Å². The zero-order valence-electron chi connectivity index (χ0n) is 22.3. The van der Waals surface area contributed by atoms with Gasteiger partial charge in [-0.25, -0.2) is 0 Å². The fraction of sp³-hybridized carbons (Fsp3) is 0.710. The number of fused-ring (bicyclic) bond motifs is 1. The summed E-state index contributed by atoms with van der Waals surface area (Å²) in [7, 11) is 0. The third-order valence-corrected chi connectivity index (χ3v) is 9.67. The molecule has 3 saturated carbocycles. The van der Waals surface area contributed by atoms with Crippen LogP contribution in [0.4, 0.5) is 0 Å². The van der Waals surface area contributed by atoms with Crippen LogP contribution in [0.15, 0.2) is 35.5 Å². The highest BCUT2D eigenvalue weighted by atomic mass is 79.9. The standard InChI is InChI=1S/C31H45BrO3/c1-6-31(34,7-2)19-8-10-23(4)27-16-17-28-24(11-9-18-30(27,28)5)13-14-25-20-26(15-12-22(25)3)35-29(33)21-32/h13-14,23,26-28,34H,3,6-7,9-12,15-18,20-21H2,1-2,4-5H3. The SMILES string of the molecule is C=C1CCC(OC(=O)CBr)CC1=CC=C1CCCC2(C)C1CCC2C(C)CC#CC(O)(CC)CC. The van der Waals surface area contributed by atoms with Crippen molar-refractivity contribution < 1.29 is 14.6 Å². The Kier molecular flexibility index (Phi) is 9.92. The van der Waals surface area contributed by atoms with Crippen molar-refractivity contribution in [1.82, 2.24) is 0 Å². The van der Waals surface area contributed by atoms with Gasteiger partial charge in [-0.05, 0) is 86.5 Å². The van der Waals surface area contributed by atoms with E-state index >= 15 is 0 Å². The van der Waals surface area contributed by atoms with E-state index in [0.717, 1.165) is 25.7 Å². The molecule has 3 nitrogen and oxygen atoms in total. The van der Waals surface area contributed by atoms with E-state index < -0.39 is 5.60 Å². The predicted molar refractivity (Wildman–Crippen MR) is 148 cm³/mol. The molecular weight excluding hydrogens is 500 g/mol. The van der Waals surface area contributed by atoms with Gasteiger partial charge < -0.3 is 9.84 Å². The van der Waals surface area contributed by atoms with Gasteiger partial charge in [0.1, 0.15) is 17.0 Å². The van der Waals surface area contributed by atoms with Crippen LogP contribution in [0.3, 0.4) is 0 Å². The number of hydrogen-bond donors (Lipinski definition) is 1. The molecule has 0 bridgehead atoms. The van der Waals surface area contributed by atoms with Crippen molar-refractivity contribution >= 4 is 21.9 Å². The van der Waals surface area contributed by atoms with Gasteiger partial charge in [-0.15, -0.1) is 0 Å². The molecule has 35 heavy (non-hydrogen) atoms. The van der Waals surface area contributed by atoms with Crippen LogP contribution < -0.4 is 0 Å². The third-order valence-electron chi connectivity index (χ3n) is 9.22. The quantitative estimate of drug-likeness (QED) is 0.203. The van der Waals surface area contributed by atoms with Gasteiger partial charge in [0.2, 0.25) is 0 Å². The van der Waals surface area contributed by atoms with E-state index in [9.17, 15) is 9.90 Å². The largest absolute Gasteiger partial charge is 0.461 e. The first-order valence-corrected chi connectivity index (χ1v) is 14.8. The third kappa shape index (κ3) is 6.72. The van der Waals surface area contributed by atoms with Crippen molar-refractivity contribution in [1.29, 1.82) is 0 Å². The Morgan fingerprint density at radius 2 is 2.03 bits per heavy atom. The minimum Gasteiger partial charge on any atom is -0.461 e. The molecule has 0 aromatic heterocycles. The second-order valence-corrected chi connectivity index (χ2v) is 11.9. The highest BCUT2D eigenvalue weighted by molar-refractivity contribution is 9.09. The van der Waals surface area contributed by atoms with Crippen molar-refractivity contribution in [3.8, 4) is 11.8 Å². The summed E-state index contributed by atoms with van der Waals surface area (Å²) < 4.78 is 5.59. The number of halogens is 1. The van der Waals surface area contributed by atoms with Crippen LogP contribution in [0.2, 0.25) is 0 Å². The number of carbonyl (C=O) groups is 1. The fourth-order valence-electron chi connectivity index (χ4n) is 6.86. The van der Waals surface area contributed by atoms with Gasteiger partial charge in [-0.2, -0.15) is 0 Å². The molecule has 3 aliphatic carbocycles. The van der Waals surface area contributed by atoms with Crippen molar-refractivity contribution in [2.75, 3.05) is 5.33 Å². The smallest absolute Gasteiger partial charge is 0.316 e. The van der Waals surface area contributed by atoms with Crippen molar-refractivity contribution in [3.63, 3.8) is 0 Å². The minimum absolute atomic E-state index is 0.0392. The number of ether oxygens (including phenoxy) is 1. The molecule has 0 spiro atoms. The molecule has 5 unspecified atom stereocenters. The molecule has 0 heterocycles. The molecule has 4 heteroatoms. The number of rotatable bonds is 7. The van der Waals surface area contributed by atoms with Crippen LogP contribution in [-0.2, 0) is 9.53 Å². The van der Waals surface area contributed by atoms with Crippen LogP contribution in [0.1, 0.15) is 98.3 Å². The number of hydrogen-bond acceptors (Lipinski definition) is 3. The van der Waals surface area contributed by atoms with Gasteiger partial charge >= 0.3 is 5.97 Å². The summed E-state index contributed by atoms with van der Waals surface area (Å²) in [6.45, 7) is 13.2. The Morgan fingerprint density at radius 3 is 2.71 bits per heavy atom. The van der Waals surface area contributed by atoms with E-state index in [0.29, 0.717) is 36.0 Å². The van der Waals surface area contributed by atoms with Gasteiger partial charge in [-0.3, -0.25) is 4.79 Å². The zero-order chi connectivity index (χ0) is 25.6. The van der Waals surface area contributed by atoms with E-state index in [1.54, 1.807) is 5.57 Å². The Labute approximate surface area is 222 Å². The lowest BCUT2D eigenvalue weighted by Gasteiger charge is -2.44. The first kappa shape index (κ1) is 28.3. The maximum absolute atomic E-state index is 11.7. The van der Waals surface area contributed by atoms with E-state index in [4.69, 9.17) is 4.74 Å². The number of aliphatic hydroxyl groups is 1. The maximum Gasteiger partial charge on any atom is 0.316 e. The molecule has 1 N–H and O–H groups in total. The Morgan fingerprint density at radius 1 is 1.29 bits per heavy atom. The molecule has 0 amide bonds. The Balaban J connectivity index is 1.71. The summed E-state index contributed by atoms with van der Waals surface area (Å²) >= 11 is 3.19. The van der Waals surface area contributed by atoms with Crippen molar-refractivity contribution in [2.45, 2.75) is 110 Å². The average Bonchev–Trinajstić information content (AvgIpc) is 3.21. The molecule has 0 aromatic rings. The number of esters is 1. The highest BCUT2D eigenvalue weighted by Crippen LogP contribution is 2.59. The molecule has 0 aromatic carbocycles. The average molecular weight is 546 g/mol. The van der Waals surface area contributed by atoms with Crippen LogP contribution in [0, 0.1) is 35.0 Å². The summed E-state index contributed by atoms with van der Waals surface area (Å²) in [4.78, 5) is 11.7. The van der Waals surface area contributed by atoms with Gasteiger partial charge in [0.25, 0.3) is 0 Å². The molecule has 0 aliphatic heterocycles. The van der Waals surface area contributed by atoms with Crippen molar-refractivity contribution in [2.24, 2.45) is 23.2 Å². The molecule has 0 radical (unpaired) electrons. The van der Waals surface area contributed by atoms with Gasteiger partial charge in [0.15, 0.2) is 0 Å². The molecule has 194 valence electrons. The normalized spacial score (nSPS) is 32.2. The minimum atomic E-state index is -0.829. The second-order valence-electron chi connectivity index (χ2n) is 11.3. The number of alkyl halides is 1. The van der Waals surface area contributed by atoms with Gasteiger partial charge in [0, 0.05) is 12.8 Å². The van der Waals surface area contributed by atoms with Gasteiger partial charge in [-0.1, -0.05) is 85.3 Å².